The summed E-state index contributed by atoms with van der Waals surface area (Å²) in [6.45, 7) is 6.86. The molecule has 2 aromatic carbocycles. The molecule has 5 heteroatoms. The van der Waals surface area contributed by atoms with E-state index in [0.29, 0.717) is 5.11 Å². The maximum Gasteiger partial charge on any atom is 0.170 e. The number of ether oxygens (including phenoxy) is 1. The molecule has 1 aliphatic heterocycles. The first-order valence-corrected chi connectivity index (χ1v) is 10.8. The molecule has 0 aliphatic carbocycles. The molecule has 28 heavy (non-hydrogen) atoms. The van der Waals surface area contributed by atoms with Gasteiger partial charge in [0.25, 0.3) is 0 Å². The second kappa shape index (κ2) is 11.1. The summed E-state index contributed by atoms with van der Waals surface area (Å²) in [5.41, 5.74) is 3.78. The lowest BCUT2D eigenvalue weighted by atomic mass is 10.1. The standard InChI is InChI=1S/C23H31N3OS/c1-2-3-7-19-10-12-21(13-11-19)25-23(28)24-16-22-18-26(14-15-27-22)17-20-8-5-4-6-9-20/h4-6,8-13,22H,2-3,7,14-18H2,1H3,(H2,24,25,28)/p+1/t22-/m0/s1. The van der Waals surface area contributed by atoms with E-state index in [1.165, 1.54) is 24.0 Å². The maximum atomic E-state index is 5.93. The zero-order valence-corrected chi connectivity index (χ0v) is 17.6. The van der Waals surface area contributed by atoms with Gasteiger partial charge in [0.2, 0.25) is 0 Å². The van der Waals surface area contributed by atoms with Gasteiger partial charge in [0, 0.05) is 17.8 Å². The molecule has 0 aromatic heterocycles. The highest BCUT2D eigenvalue weighted by molar-refractivity contribution is 7.80. The molecule has 3 rings (SSSR count). The molecule has 3 N–H and O–H groups in total. The molecule has 1 fully saturated rings. The van der Waals surface area contributed by atoms with Crippen molar-refractivity contribution in [3.05, 3.63) is 65.7 Å². The fraction of sp³-hybridized carbons (Fsp3) is 0.435. The quantitative estimate of drug-likeness (QED) is 0.598. The Labute approximate surface area is 174 Å². The Hall–Kier alpha value is -1.95. The summed E-state index contributed by atoms with van der Waals surface area (Å²) < 4.78 is 5.93. The van der Waals surface area contributed by atoms with Gasteiger partial charge in [-0.25, -0.2) is 0 Å². The third-order valence-electron chi connectivity index (χ3n) is 5.14. The molecule has 0 radical (unpaired) electrons. The number of rotatable bonds is 8. The highest BCUT2D eigenvalue weighted by Crippen LogP contribution is 2.11. The number of hydrogen-bond donors (Lipinski definition) is 3. The van der Waals surface area contributed by atoms with Gasteiger partial charge in [0.15, 0.2) is 5.11 Å². The molecule has 1 heterocycles. The van der Waals surface area contributed by atoms with Gasteiger partial charge < -0.3 is 20.3 Å². The molecule has 0 amide bonds. The molecule has 0 spiro atoms. The molecule has 2 atom stereocenters. The monoisotopic (exact) mass is 398 g/mol. The molecule has 1 saturated heterocycles. The van der Waals surface area contributed by atoms with E-state index in [-0.39, 0.29) is 6.10 Å². The number of quaternary nitrogens is 1. The van der Waals surface area contributed by atoms with Crippen molar-refractivity contribution in [1.82, 2.24) is 5.32 Å². The number of morpholine rings is 1. The number of benzene rings is 2. The van der Waals surface area contributed by atoms with Gasteiger partial charge in [0.05, 0.1) is 6.61 Å². The second-order valence-electron chi connectivity index (χ2n) is 7.49. The zero-order chi connectivity index (χ0) is 19.6. The van der Waals surface area contributed by atoms with Gasteiger partial charge in [-0.05, 0) is 42.8 Å². The highest BCUT2D eigenvalue weighted by atomic mass is 32.1. The van der Waals surface area contributed by atoms with Crippen LogP contribution >= 0.6 is 12.2 Å². The lowest BCUT2D eigenvalue weighted by Crippen LogP contribution is -3.13. The fourth-order valence-electron chi connectivity index (χ4n) is 3.55. The van der Waals surface area contributed by atoms with E-state index in [4.69, 9.17) is 17.0 Å². The van der Waals surface area contributed by atoms with Crippen LogP contribution in [0.25, 0.3) is 0 Å². The Balaban J connectivity index is 1.40. The van der Waals surface area contributed by atoms with Crippen molar-refractivity contribution in [2.45, 2.75) is 38.8 Å². The third kappa shape index (κ3) is 6.89. The summed E-state index contributed by atoms with van der Waals surface area (Å²) in [5, 5.41) is 7.24. The van der Waals surface area contributed by atoms with Crippen molar-refractivity contribution < 1.29 is 9.64 Å². The minimum atomic E-state index is 0.184. The van der Waals surface area contributed by atoms with Crippen LogP contribution in [0.15, 0.2) is 54.6 Å². The van der Waals surface area contributed by atoms with E-state index in [1.807, 2.05) is 0 Å². The minimum Gasteiger partial charge on any atom is -0.365 e. The van der Waals surface area contributed by atoms with Crippen LogP contribution in [0.1, 0.15) is 30.9 Å². The van der Waals surface area contributed by atoms with E-state index in [2.05, 4.69) is 72.2 Å². The summed E-state index contributed by atoms with van der Waals surface area (Å²) in [7, 11) is 0. The summed E-state index contributed by atoms with van der Waals surface area (Å²) in [4.78, 5) is 1.56. The van der Waals surface area contributed by atoms with Crippen molar-refractivity contribution in [3.8, 4) is 0 Å². The first-order chi connectivity index (χ1) is 13.7. The lowest BCUT2D eigenvalue weighted by molar-refractivity contribution is -0.925. The molecular formula is C23H32N3OS+. The van der Waals surface area contributed by atoms with Crippen LogP contribution in [-0.2, 0) is 17.7 Å². The third-order valence-corrected chi connectivity index (χ3v) is 5.39. The first kappa shape index (κ1) is 20.8. The van der Waals surface area contributed by atoms with Crippen molar-refractivity contribution >= 4 is 23.0 Å². The normalized spacial score (nSPS) is 19.2. The summed E-state index contributed by atoms with van der Waals surface area (Å²) in [5.74, 6) is 0. The van der Waals surface area contributed by atoms with Gasteiger partial charge in [-0.15, -0.1) is 0 Å². The van der Waals surface area contributed by atoms with E-state index in [9.17, 15) is 0 Å². The molecule has 2 aromatic rings. The van der Waals surface area contributed by atoms with Gasteiger partial charge >= 0.3 is 0 Å². The first-order valence-electron chi connectivity index (χ1n) is 10.4. The zero-order valence-electron chi connectivity index (χ0n) is 16.7. The van der Waals surface area contributed by atoms with E-state index >= 15 is 0 Å². The maximum absolute atomic E-state index is 5.93. The molecule has 0 bridgehead atoms. The summed E-state index contributed by atoms with van der Waals surface area (Å²) in [6.07, 6.45) is 3.78. The highest BCUT2D eigenvalue weighted by Gasteiger charge is 2.23. The van der Waals surface area contributed by atoms with E-state index < -0.39 is 0 Å². The minimum absolute atomic E-state index is 0.184. The Morgan fingerprint density at radius 1 is 1.11 bits per heavy atom. The molecule has 0 saturated carbocycles. The summed E-state index contributed by atoms with van der Waals surface area (Å²) >= 11 is 5.46. The lowest BCUT2D eigenvalue weighted by Gasteiger charge is -2.30. The van der Waals surface area contributed by atoms with Crippen molar-refractivity contribution in [2.75, 3.05) is 31.6 Å². The van der Waals surface area contributed by atoms with E-state index in [0.717, 1.165) is 44.9 Å². The van der Waals surface area contributed by atoms with Crippen LogP contribution < -0.4 is 15.5 Å². The van der Waals surface area contributed by atoms with Crippen LogP contribution in [0, 0.1) is 0 Å². The molecule has 1 unspecified atom stereocenters. The Kier molecular flexibility index (Phi) is 8.27. The Bertz CT molecular complexity index is 720. The van der Waals surface area contributed by atoms with Crippen LogP contribution in [0.4, 0.5) is 5.69 Å². The van der Waals surface area contributed by atoms with Gasteiger partial charge in [-0.2, -0.15) is 0 Å². The van der Waals surface area contributed by atoms with Crippen LogP contribution in [0.2, 0.25) is 0 Å². The van der Waals surface area contributed by atoms with Crippen LogP contribution in [0.5, 0.6) is 0 Å². The van der Waals surface area contributed by atoms with Gasteiger partial charge in [-0.3, -0.25) is 0 Å². The molecule has 4 nitrogen and oxygen atoms in total. The number of thiocarbonyl (C=S) groups is 1. The van der Waals surface area contributed by atoms with Crippen LogP contribution in [0.3, 0.4) is 0 Å². The predicted molar refractivity (Wildman–Crippen MR) is 120 cm³/mol. The van der Waals surface area contributed by atoms with Crippen LogP contribution in [-0.4, -0.2) is 37.5 Å². The topological polar surface area (TPSA) is 37.7 Å². The number of aryl methyl sites for hydroxylation is 1. The van der Waals surface area contributed by atoms with Gasteiger partial charge in [0.1, 0.15) is 25.7 Å². The van der Waals surface area contributed by atoms with Crippen molar-refractivity contribution in [1.29, 1.82) is 0 Å². The number of unbranched alkanes of at least 4 members (excludes halogenated alkanes) is 1. The fourth-order valence-corrected chi connectivity index (χ4v) is 3.75. The number of anilines is 1. The number of hydrogen-bond acceptors (Lipinski definition) is 2. The SMILES string of the molecule is CCCCc1ccc(NC(=S)NC[C@H]2C[NH+](Cc3ccccc3)CCO2)cc1. The van der Waals surface area contributed by atoms with E-state index in [1.54, 1.807) is 4.90 Å². The van der Waals surface area contributed by atoms with Crippen molar-refractivity contribution in [3.63, 3.8) is 0 Å². The molecular weight excluding hydrogens is 366 g/mol. The average molecular weight is 399 g/mol. The predicted octanol–water partition coefficient (Wildman–Crippen LogP) is 2.80. The molecule has 1 aliphatic rings. The summed E-state index contributed by atoms with van der Waals surface area (Å²) in [6, 6.07) is 19.2. The largest absolute Gasteiger partial charge is 0.365 e. The number of nitrogens with one attached hydrogen (secondary N) is 3. The smallest absolute Gasteiger partial charge is 0.170 e. The second-order valence-corrected chi connectivity index (χ2v) is 7.90. The molecule has 150 valence electrons. The van der Waals surface area contributed by atoms with Gasteiger partial charge in [-0.1, -0.05) is 55.8 Å². The van der Waals surface area contributed by atoms with Crippen molar-refractivity contribution in [2.24, 2.45) is 0 Å². The Morgan fingerprint density at radius 3 is 2.64 bits per heavy atom. The average Bonchev–Trinajstić information content (AvgIpc) is 2.73. The Morgan fingerprint density at radius 2 is 1.89 bits per heavy atom.